The molecule has 0 spiro atoms. The average Bonchev–Trinajstić information content (AvgIpc) is 2.93. The molecule has 0 unspecified atom stereocenters. The van der Waals surface area contributed by atoms with Gasteiger partial charge in [-0.1, -0.05) is 77.6 Å². The quantitative estimate of drug-likeness (QED) is 0.332. The van der Waals surface area contributed by atoms with Crippen molar-refractivity contribution in [3.8, 4) is 0 Å². The van der Waals surface area contributed by atoms with Gasteiger partial charge in [-0.2, -0.15) is 0 Å². The van der Waals surface area contributed by atoms with Crippen molar-refractivity contribution >= 4 is 5.97 Å². The Bertz CT molecular complexity index is 262. The van der Waals surface area contributed by atoms with Gasteiger partial charge in [0.05, 0.1) is 7.11 Å². The zero-order valence-electron chi connectivity index (χ0n) is 14.4. The number of carbonyl (C=O) groups excluding carboxylic acids is 1. The summed E-state index contributed by atoms with van der Waals surface area (Å²) >= 11 is 0. The van der Waals surface area contributed by atoms with Crippen LogP contribution in [0.3, 0.4) is 0 Å². The predicted octanol–water partition coefficient (Wildman–Crippen LogP) is 5.89. The zero-order valence-corrected chi connectivity index (χ0v) is 14.4. The van der Waals surface area contributed by atoms with Crippen molar-refractivity contribution < 1.29 is 9.53 Å². The summed E-state index contributed by atoms with van der Waals surface area (Å²) < 4.78 is 4.72. The lowest BCUT2D eigenvalue weighted by atomic mass is 9.87. The Kier molecular flexibility index (Phi) is 10.6. The van der Waals surface area contributed by atoms with Crippen LogP contribution in [0.2, 0.25) is 0 Å². The molecule has 1 fully saturated rings. The van der Waals surface area contributed by atoms with Crippen LogP contribution < -0.4 is 0 Å². The first-order valence-electron chi connectivity index (χ1n) is 9.34. The van der Waals surface area contributed by atoms with Gasteiger partial charge < -0.3 is 4.74 Å². The van der Waals surface area contributed by atoms with E-state index in [2.05, 4.69) is 6.92 Å². The summed E-state index contributed by atoms with van der Waals surface area (Å²) in [6, 6.07) is 0. The fraction of sp³-hybridized carbons (Fsp3) is 0.947. The van der Waals surface area contributed by atoms with Gasteiger partial charge in [-0.15, -0.1) is 0 Å². The molecule has 2 atom stereocenters. The van der Waals surface area contributed by atoms with Gasteiger partial charge in [0.2, 0.25) is 0 Å². The number of ether oxygens (including phenoxy) is 1. The van der Waals surface area contributed by atoms with E-state index in [4.69, 9.17) is 4.74 Å². The summed E-state index contributed by atoms with van der Waals surface area (Å²) in [7, 11) is 1.49. The van der Waals surface area contributed by atoms with Gasteiger partial charge in [-0.25, -0.2) is 0 Å². The van der Waals surface area contributed by atoms with E-state index in [-0.39, 0.29) is 5.97 Å². The van der Waals surface area contributed by atoms with Crippen molar-refractivity contribution in [1.29, 1.82) is 0 Å². The molecule has 1 saturated carbocycles. The molecule has 1 aliphatic rings. The third kappa shape index (κ3) is 8.48. The minimum atomic E-state index is -0.0448. The Balaban J connectivity index is 2.03. The summed E-state index contributed by atoms with van der Waals surface area (Å²) in [5.74, 6) is 1.78. The lowest BCUT2D eigenvalue weighted by Gasteiger charge is -2.19. The molecule has 0 heterocycles. The highest BCUT2D eigenvalue weighted by Gasteiger charge is 2.26. The molecule has 21 heavy (non-hydrogen) atoms. The third-order valence-electron chi connectivity index (χ3n) is 5.18. The van der Waals surface area contributed by atoms with Crippen molar-refractivity contribution in [2.24, 2.45) is 11.8 Å². The van der Waals surface area contributed by atoms with Crippen molar-refractivity contribution in [2.45, 2.75) is 96.8 Å². The Morgan fingerprint density at radius 3 is 2.10 bits per heavy atom. The van der Waals surface area contributed by atoms with E-state index >= 15 is 0 Å². The van der Waals surface area contributed by atoms with E-state index in [1.165, 1.54) is 84.2 Å². The van der Waals surface area contributed by atoms with Gasteiger partial charge in [-0.05, 0) is 24.7 Å². The maximum atomic E-state index is 11.2. The number of carbonyl (C=O) groups is 1. The third-order valence-corrected chi connectivity index (χ3v) is 5.18. The first-order chi connectivity index (χ1) is 10.3. The highest BCUT2D eigenvalue weighted by atomic mass is 16.5. The fourth-order valence-corrected chi connectivity index (χ4v) is 3.85. The van der Waals surface area contributed by atoms with E-state index < -0.39 is 0 Å². The molecule has 0 bridgehead atoms. The topological polar surface area (TPSA) is 26.3 Å². The Hall–Kier alpha value is -0.530. The highest BCUT2D eigenvalue weighted by Crippen LogP contribution is 2.38. The SMILES string of the molecule is CCCCCCCCC[C@H]1CCC[C@H]1CCCC(=O)OC. The minimum absolute atomic E-state index is 0.0448. The lowest BCUT2D eigenvalue weighted by molar-refractivity contribution is -0.140. The molecule has 1 aliphatic carbocycles. The van der Waals surface area contributed by atoms with Crippen molar-refractivity contribution in [3.63, 3.8) is 0 Å². The summed E-state index contributed by atoms with van der Waals surface area (Å²) in [5, 5.41) is 0. The van der Waals surface area contributed by atoms with E-state index in [0.717, 1.165) is 18.3 Å². The van der Waals surface area contributed by atoms with Crippen LogP contribution in [0, 0.1) is 11.8 Å². The van der Waals surface area contributed by atoms with Crippen LogP contribution in [0.5, 0.6) is 0 Å². The number of esters is 1. The highest BCUT2D eigenvalue weighted by molar-refractivity contribution is 5.68. The number of hydrogen-bond acceptors (Lipinski definition) is 2. The van der Waals surface area contributed by atoms with Crippen LogP contribution >= 0.6 is 0 Å². The van der Waals surface area contributed by atoms with E-state index in [1.54, 1.807) is 0 Å². The smallest absolute Gasteiger partial charge is 0.305 e. The number of methoxy groups -OCH3 is 1. The normalized spacial score (nSPS) is 21.6. The molecule has 1 rings (SSSR count). The van der Waals surface area contributed by atoms with E-state index in [0.29, 0.717) is 6.42 Å². The predicted molar refractivity (Wildman–Crippen MR) is 89.3 cm³/mol. The maximum absolute atomic E-state index is 11.2. The number of hydrogen-bond donors (Lipinski definition) is 0. The van der Waals surface area contributed by atoms with Gasteiger partial charge in [0, 0.05) is 6.42 Å². The molecule has 2 heteroatoms. The van der Waals surface area contributed by atoms with Crippen molar-refractivity contribution in [2.75, 3.05) is 7.11 Å². The minimum Gasteiger partial charge on any atom is -0.469 e. The van der Waals surface area contributed by atoms with Gasteiger partial charge in [0.15, 0.2) is 0 Å². The second-order valence-electron chi connectivity index (χ2n) is 6.83. The molecule has 0 saturated heterocycles. The lowest BCUT2D eigenvalue weighted by Crippen LogP contribution is -2.09. The molecular formula is C19H36O2. The maximum Gasteiger partial charge on any atom is 0.305 e. The molecule has 0 amide bonds. The summed E-state index contributed by atoms with van der Waals surface area (Å²) in [6.45, 7) is 2.28. The molecule has 0 N–H and O–H groups in total. The molecular weight excluding hydrogens is 260 g/mol. The monoisotopic (exact) mass is 296 g/mol. The van der Waals surface area contributed by atoms with Gasteiger partial charge in [0.25, 0.3) is 0 Å². The Morgan fingerprint density at radius 1 is 0.905 bits per heavy atom. The second-order valence-corrected chi connectivity index (χ2v) is 6.83. The molecule has 0 aromatic heterocycles. The average molecular weight is 296 g/mol. The first kappa shape index (κ1) is 18.5. The summed E-state index contributed by atoms with van der Waals surface area (Å²) in [4.78, 5) is 11.2. The molecule has 0 aromatic carbocycles. The van der Waals surface area contributed by atoms with Crippen LogP contribution in [0.4, 0.5) is 0 Å². The zero-order chi connectivity index (χ0) is 15.3. The van der Waals surface area contributed by atoms with Crippen LogP contribution in [0.25, 0.3) is 0 Å². The Morgan fingerprint density at radius 2 is 1.48 bits per heavy atom. The molecule has 0 aromatic rings. The van der Waals surface area contributed by atoms with Crippen LogP contribution in [0.15, 0.2) is 0 Å². The largest absolute Gasteiger partial charge is 0.469 e. The van der Waals surface area contributed by atoms with Crippen LogP contribution in [0.1, 0.15) is 96.8 Å². The Labute approximate surface area is 132 Å². The molecule has 2 nitrogen and oxygen atoms in total. The number of unbranched alkanes of at least 4 members (excludes halogenated alkanes) is 6. The van der Waals surface area contributed by atoms with Crippen molar-refractivity contribution in [3.05, 3.63) is 0 Å². The molecule has 124 valence electrons. The van der Waals surface area contributed by atoms with Crippen LogP contribution in [-0.2, 0) is 9.53 Å². The van der Waals surface area contributed by atoms with E-state index in [1.807, 2.05) is 0 Å². The van der Waals surface area contributed by atoms with Crippen molar-refractivity contribution in [1.82, 2.24) is 0 Å². The molecule has 0 aliphatic heterocycles. The second kappa shape index (κ2) is 12.1. The summed E-state index contributed by atoms with van der Waals surface area (Å²) in [5.41, 5.74) is 0. The first-order valence-corrected chi connectivity index (χ1v) is 9.34. The van der Waals surface area contributed by atoms with Gasteiger partial charge >= 0.3 is 5.97 Å². The molecule has 0 radical (unpaired) electrons. The standard InChI is InChI=1S/C19H36O2/c1-3-4-5-6-7-8-9-12-17-13-10-14-18(17)15-11-16-19(20)21-2/h17-18H,3-16H2,1-2H3/t17-,18-/m0/s1. The number of rotatable bonds is 12. The van der Waals surface area contributed by atoms with Crippen LogP contribution in [-0.4, -0.2) is 13.1 Å². The fourth-order valence-electron chi connectivity index (χ4n) is 3.85. The van der Waals surface area contributed by atoms with Gasteiger partial charge in [-0.3, -0.25) is 4.79 Å². The van der Waals surface area contributed by atoms with Gasteiger partial charge in [0.1, 0.15) is 0 Å². The van der Waals surface area contributed by atoms with E-state index in [9.17, 15) is 4.79 Å². The summed E-state index contributed by atoms with van der Waals surface area (Å²) in [6.07, 6.45) is 18.4.